The minimum atomic E-state index is -0.231. The fraction of sp³-hybridized carbons (Fsp3) is 0.294. The quantitative estimate of drug-likeness (QED) is 0.738. The van der Waals surface area contributed by atoms with Gasteiger partial charge >= 0.3 is 0 Å². The first-order valence-electron chi connectivity index (χ1n) is 6.94. The number of hydrogen-bond acceptors (Lipinski definition) is 1. The van der Waals surface area contributed by atoms with Crippen LogP contribution < -0.4 is 5.32 Å². The lowest BCUT2D eigenvalue weighted by Crippen LogP contribution is -2.23. The van der Waals surface area contributed by atoms with Crippen molar-refractivity contribution >= 4 is 27.5 Å². The molecular formula is C17H18BrClFN. The summed E-state index contributed by atoms with van der Waals surface area (Å²) in [7, 11) is 0. The van der Waals surface area contributed by atoms with Crippen LogP contribution in [-0.4, -0.2) is 6.54 Å². The molecule has 0 fully saturated rings. The predicted molar refractivity (Wildman–Crippen MR) is 90.4 cm³/mol. The van der Waals surface area contributed by atoms with Gasteiger partial charge in [0.25, 0.3) is 0 Å². The van der Waals surface area contributed by atoms with Crippen LogP contribution in [0.5, 0.6) is 0 Å². The van der Waals surface area contributed by atoms with E-state index in [1.54, 1.807) is 6.07 Å². The molecule has 0 bridgehead atoms. The molecule has 4 heteroatoms. The molecule has 2 rings (SSSR count). The number of halogens is 3. The van der Waals surface area contributed by atoms with Gasteiger partial charge in [0.05, 0.1) is 4.47 Å². The molecule has 0 radical (unpaired) electrons. The summed E-state index contributed by atoms with van der Waals surface area (Å²) in [5, 5.41) is 4.17. The maximum atomic E-state index is 13.7. The van der Waals surface area contributed by atoms with Crippen molar-refractivity contribution in [2.45, 2.75) is 26.3 Å². The second-order valence-electron chi connectivity index (χ2n) is 5.09. The lowest BCUT2D eigenvalue weighted by Gasteiger charge is -2.20. The number of likely N-dealkylation sites (N-methyl/N-ethyl adjacent to an activating group) is 1. The van der Waals surface area contributed by atoms with E-state index in [9.17, 15) is 4.39 Å². The van der Waals surface area contributed by atoms with E-state index in [1.807, 2.05) is 25.1 Å². The molecular weight excluding hydrogens is 353 g/mol. The van der Waals surface area contributed by atoms with Gasteiger partial charge in [-0.15, -0.1) is 0 Å². The van der Waals surface area contributed by atoms with E-state index >= 15 is 0 Å². The van der Waals surface area contributed by atoms with Crippen LogP contribution in [0.3, 0.4) is 0 Å². The summed E-state index contributed by atoms with van der Waals surface area (Å²) in [6.45, 7) is 4.92. The van der Waals surface area contributed by atoms with Crippen molar-refractivity contribution in [3.63, 3.8) is 0 Å². The summed E-state index contributed by atoms with van der Waals surface area (Å²) in [6, 6.07) is 11.3. The van der Waals surface area contributed by atoms with Gasteiger partial charge in [0.1, 0.15) is 5.82 Å². The topological polar surface area (TPSA) is 12.0 Å². The highest BCUT2D eigenvalue weighted by Gasteiger charge is 2.15. The van der Waals surface area contributed by atoms with Crippen molar-refractivity contribution in [3.8, 4) is 0 Å². The number of aryl methyl sites for hydroxylation is 1. The van der Waals surface area contributed by atoms with Crippen molar-refractivity contribution < 1.29 is 4.39 Å². The third kappa shape index (κ3) is 4.29. The Bertz CT molecular complexity index is 610. The Kier molecular flexibility index (Phi) is 5.80. The SMILES string of the molecule is CCNC(Cc1cccc(F)c1Br)c1cc(C)cc(Cl)c1. The van der Waals surface area contributed by atoms with E-state index in [0.29, 0.717) is 10.9 Å². The summed E-state index contributed by atoms with van der Waals surface area (Å²) >= 11 is 9.49. The molecule has 1 atom stereocenters. The number of nitrogens with one attached hydrogen (secondary N) is 1. The van der Waals surface area contributed by atoms with Crippen LogP contribution in [0.4, 0.5) is 4.39 Å². The lowest BCUT2D eigenvalue weighted by molar-refractivity contribution is 0.544. The molecule has 0 aliphatic rings. The first-order valence-corrected chi connectivity index (χ1v) is 8.11. The molecule has 1 nitrogen and oxygen atoms in total. The molecule has 0 aliphatic heterocycles. The van der Waals surface area contributed by atoms with Crippen LogP contribution in [0.25, 0.3) is 0 Å². The lowest BCUT2D eigenvalue weighted by atomic mass is 9.97. The van der Waals surface area contributed by atoms with Gasteiger partial charge in [-0.25, -0.2) is 4.39 Å². The molecule has 0 saturated heterocycles. The van der Waals surface area contributed by atoms with Crippen molar-refractivity contribution in [1.29, 1.82) is 0 Å². The smallest absolute Gasteiger partial charge is 0.137 e. The van der Waals surface area contributed by atoms with E-state index in [0.717, 1.165) is 28.3 Å². The first kappa shape index (κ1) is 16.5. The van der Waals surface area contributed by atoms with Crippen molar-refractivity contribution in [2.24, 2.45) is 0 Å². The number of hydrogen-bond donors (Lipinski definition) is 1. The largest absolute Gasteiger partial charge is 0.310 e. The zero-order valence-electron chi connectivity index (χ0n) is 12.1. The van der Waals surface area contributed by atoms with Crippen LogP contribution in [0.15, 0.2) is 40.9 Å². The molecule has 2 aromatic rings. The predicted octanol–water partition coefficient (Wildman–Crippen LogP) is 5.44. The fourth-order valence-electron chi connectivity index (χ4n) is 2.45. The van der Waals surface area contributed by atoms with Crippen LogP contribution >= 0.6 is 27.5 Å². The molecule has 0 amide bonds. The van der Waals surface area contributed by atoms with Crippen LogP contribution in [0.1, 0.15) is 29.7 Å². The summed E-state index contributed by atoms with van der Waals surface area (Å²) in [5.74, 6) is -0.231. The molecule has 0 spiro atoms. The van der Waals surface area contributed by atoms with E-state index in [1.165, 1.54) is 6.07 Å². The minimum absolute atomic E-state index is 0.102. The Hall–Kier alpha value is -0.900. The monoisotopic (exact) mass is 369 g/mol. The van der Waals surface area contributed by atoms with Gasteiger partial charge in [0.2, 0.25) is 0 Å². The first-order chi connectivity index (χ1) is 10.0. The molecule has 21 heavy (non-hydrogen) atoms. The van der Waals surface area contributed by atoms with E-state index in [2.05, 4.69) is 34.2 Å². The third-order valence-electron chi connectivity index (χ3n) is 3.37. The maximum Gasteiger partial charge on any atom is 0.137 e. The van der Waals surface area contributed by atoms with Crippen molar-refractivity contribution in [1.82, 2.24) is 5.32 Å². The zero-order valence-corrected chi connectivity index (χ0v) is 14.4. The van der Waals surface area contributed by atoms with Gasteiger partial charge in [-0.1, -0.05) is 36.7 Å². The molecule has 112 valence electrons. The molecule has 1 unspecified atom stereocenters. The highest BCUT2D eigenvalue weighted by molar-refractivity contribution is 9.10. The van der Waals surface area contributed by atoms with Crippen molar-refractivity contribution in [2.75, 3.05) is 6.54 Å². The van der Waals surface area contributed by atoms with Crippen LogP contribution in [0, 0.1) is 12.7 Å². The molecule has 0 heterocycles. The van der Waals surface area contributed by atoms with Crippen LogP contribution in [0.2, 0.25) is 5.02 Å². The normalized spacial score (nSPS) is 12.4. The van der Waals surface area contributed by atoms with Gasteiger partial charge in [-0.3, -0.25) is 0 Å². The van der Waals surface area contributed by atoms with Gasteiger partial charge in [0, 0.05) is 11.1 Å². The maximum absolute atomic E-state index is 13.7. The summed E-state index contributed by atoms with van der Waals surface area (Å²) in [5.41, 5.74) is 3.19. The Morgan fingerprint density at radius 1 is 1.29 bits per heavy atom. The van der Waals surface area contributed by atoms with Gasteiger partial charge in [-0.2, -0.15) is 0 Å². The summed E-state index contributed by atoms with van der Waals surface area (Å²) in [4.78, 5) is 0. The molecule has 2 aromatic carbocycles. The summed E-state index contributed by atoms with van der Waals surface area (Å²) < 4.78 is 14.2. The Labute approximate surface area is 138 Å². The van der Waals surface area contributed by atoms with Gasteiger partial charge < -0.3 is 5.32 Å². The van der Waals surface area contributed by atoms with E-state index in [-0.39, 0.29) is 11.9 Å². The van der Waals surface area contributed by atoms with Crippen LogP contribution in [-0.2, 0) is 6.42 Å². The Balaban J connectivity index is 2.32. The average molecular weight is 371 g/mol. The average Bonchev–Trinajstić information content (AvgIpc) is 2.42. The van der Waals surface area contributed by atoms with E-state index in [4.69, 9.17) is 11.6 Å². The summed E-state index contributed by atoms with van der Waals surface area (Å²) in [6.07, 6.45) is 0.700. The van der Waals surface area contributed by atoms with Gasteiger partial charge in [0.15, 0.2) is 0 Å². The fourth-order valence-corrected chi connectivity index (χ4v) is 3.17. The zero-order chi connectivity index (χ0) is 15.4. The Morgan fingerprint density at radius 2 is 2.05 bits per heavy atom. The third-order valence-corrected chi connectivity index (χ3v) is 4.48. The standard InChI is InChI=1S/C17H18BrClFN/c1-3-21-16(13-7-11(2)8-14(19)9-13)10-12-5-4-6-15(20)17(12)18/h4-9,16,21H,3,10H2,1-2H3. The molecule has 1 N–H and O–H groups in total. The highest BCUT2D eigenvalue weighted by Crippen LogP contribution is 2.28. The minimum Gasteiger partial charge on any atom is -0.310 e. The molecule has 0 aliphatic carbocycles. The Morgan fingerprint density at radius 3 is 2.71 bits per heavy atom. The van der Waals surface area contributed by atoms with E-state index < -0.39 is 0 Å². The van der Waals surface area contributed by atoms with Gasteiger partial charge in [-0.05, 0) is 70.7 Å². The molecule has 0 aromatic heterocycles. The second kappa shape index (κ2) is 7.39. The molecule has 0 saturated carbocycles. The number of rotatable bonds is 5. The number of benzene rings is 2. The van der Waals surface area contributed by atoms with Crippen molar-refractivity contribution in [3.05, 3.63) is 68.4 Å². The highest BCUT2D eigenvalue weighted by atomic mass is 79.9. The second-order valence-corrected chi connectivity index (χ2v) is 6.32.